The van der Waals surface area contributed by atoms with E-state index in [0.29, 0.717) is 0 Å². The highest BCUT2D eigenvalue weighted by Crippen LogP contribution is 2.31. The zero-order chi connectivity index (χ0) is 10.3. The van der Waals surface area contributed by atoms with Crippen LogP contribution in [-0.4, -0.2) is 8.42 Å². The fraction of sp³-hybridized carbons (Fsp3) is 0.500. The van der Waals surface area contributed by atoms with Crippen LogP contribution < -0.4 is 0 Å². The minimum atomic E-state index is -3.56. The number of halogens is 1. The molecule has 0 N–H and O–H groups in total. The van der Waals surface area contributed by atoms with E-state index in [1.54, 1.807) is 11.4 Å². The van der Waals surface area contributed by atoms with Crippen LogP contribution >= 0.6 is 22.0 Å². The van der Waals surface area contributed by atoms with E-state index in [1.807, 2.05) is 20.8 Å². The van der Waals surface area contributed by atoms with Crippen LogP contribution in [0.15, 0.2) is 16.3 Å². The van der Waals surface area contributed by atoms with E-state index in [1.165, 1.54) is 11.3 Å². The highest BCUT2D eigenvalue weighted by atomic mass is 35.7. The molecule has 0 fully saturated rings. The highest BCUT2D eigenvalue weighted by Gasteiger charge is 2.19. The van der Waals surface area contributed by atoms with E-state index in [-0.39, 0.29) is 10.3 Å². The van der Waals surface area contributed by atoms with Crippen molar-refractivity contribution in [2.24, 2.45) is 0 Å². The molecule has 0 aliphatic rings. The van der Waals surface area contributed by atoms with Gasteiger partial charge in [-0.2, -0.15) is 0 Å². The minimum Gasteiger partial charge on any atom is -0.207 e. The molecule has 0 aliphatic heterocycles. The lowest BCUT2D eigenvalue weighted by atomic mass is 9.95. The zero-order valence-corrected chi connectivity index (χ0v) is 10.1. The number of hydrogen-bond donors (Lipinski definition) is 0. The SMILES string of the molecule is CC(C)(C)c1cc(S(=O)(=O)Cl)cs1. The first kappa shape index (κ1) is 11.0. The first-order valence-electron chi connectivity index (χ1n) is 3.75. The molecule has 0 saturated carbocycles. The highest BCUT2D eigenvalue weighted by molar-refractivity contribution is 8.13. The largest absolute Gasteiger partial charge is 0.262 e. The molecule has 0 radical (unpaired) electrons. The van der Waals surface area contributed by atoms with Crippen LogP contribution in [0.25, 0.3) is 0 Å². The summed E-state index contributed by atoms with van der Waals surface area (Å²) in [7, 11) is 1.64. The third kappa shape index (κ3) is 2.69. The monoisotopic (exact) mass is 238 g/mol. The standard InChI is InChI=1S/C8H11ClO2S2/c1-8(2,3)7-4-6(5-12-7)13(9,10)11/h4-5H,1-3H3. The molecule has 1 aromatic rings. The lowest BCUT2D eigenvalue weighted by molar-refractivity contribution is 0.600. The Labute approximate surface area is 87.0 Å². The van der Waals surface area contributed by atoms with Crippen LogP contribution in [-0.2, 0) is 14.5 Å². The predicted molar refractivity (Wildman–Crippen MR) is 56.1 cm³/mol. The summed E-state index contributed by atoms with van der Waals surface area (Å²) in [6, 6.07) is 1.63. The second kappa shape index (κ2) is 3.26. The number of thiophene rings is 1. The number of hydrogen-bond acceptors (Lipinski definition) is 3. The molecule has 0 saturated heterocycles. The number of rotatable bonds is 1. The van der Waals surface area contributed by atoms with E-state index >= 15 is 0 Å². The van der Waals surface area contributed by atoms with E-state index in [4.69, 9.17) is 10.7 Å². The molecule has 1 heterocycles. The van der Waals surface area contributed by atoms with Gasteiger partial charge >= 0.3 is 0 Å². The van der Waals surface area contributed by atoms with Crippen molar-refractivity contribution in [3.63, 3.8) is 0 Å². The average Bonchev–Trinajstić information content (AvgIpc) is 2.28. The Bertz CT molecular complexity index is 398. The van der Waals surface area contributed by atoms with Crippen LogP contribution in [0.5, 0.6) is 0 Å². The van der Waals surface area contributed by atoms with Gasteiger partial charge in [-0.3, -0.25) is 0 Å². The van der Waals surface area contributed by atoms with Gasteiger partial charge in [0.2, 0.25) is 0 Å². The predicted octanol–water partition coefficient (Wildman–Crippen LogP) is 2.97. The molecule has 0 atom stereocenters. The van der Waals surface area contributed by atoms with Crippen molar-refractivity contribution in [2.75, 3.05) is 0 Å². The van der Waals surface area contributed by atoms with Gasteiger partial charge in [0, 0.05) is 20.9 Å². The molecular weight excluding hydrogens is 228 g/mol. The molecule has 0 aromatic carbocycles. The summed E-state index contributed by atoms with van der Waals surface area (Å²) in [5.74, 6) is 0. The summed E-state index contributed by atoms with van der Waals surface area (Å²) in [5.41, 5.74) is -0.0233. The Kier molecular flexibility index (Phi) is 2.76. The van der Waals surface area contributed by atoms with Gasteiger partial charge in [-0.05, 0) is 11.5 Å². The van der Waals surface area contributed by atoms with Gasteiger partial charge < -0.3 is 0 Å². The Hall–Kier alpha value is -0.0600. The Morgan fingerprint density at radius 1 is 1.38 bits per heavy atom. The topological polar surface area (TPSA) is 34.1 Å². The van der Waals surface area contributed by atoms with Gasteiger partial charge in [-0.15, -0.1) is 11.3 Å². The molecule has 2 nitrogen and oxygen atoms in total. The minimum absolute atomic E-state index is 0.0233. The van der Waals surface area contributed by atoms with Gasteiger partial charge in [-0.1, -0.05) is 20.8 Å². The molecule has 0 spiro atoms. The molecule has 1 aromatic heterocycles. The third-order valence-electron chi connectivity index (χ3n) is 1.60. The fourth-order valence-electron chi connectivity index (χ4n) is 0.840. The lowest BCUT2D eigenvalue weighted by Gasteiger charge is -2.14. The second-order valence-corrected chi connectivity index (χ2v) is 7.31. The van der Waals surface area contributed by atoms with Crippen LogP contribution in [0.3, 0.4) is 0 Å². The maximum Gasteiger partial charge on any atom is 0.262 e. The Morgan fingerprint density at radius 2 is 1.92 bits per heavy atom. The molecule has 13 heavy (non-hydrogen) atoms. The molecular formula is C8H11ClO2S2. The summed E-state index contributed by atoms with van der Waals surface area (Å²) in [6.45, 7) is 6.09. The Balaban J connectivity index is 3.16. The summed E-state index contributed by atoms with van der Waals surface area (Å²) in [5, 5.41) is 1.57. The van der Waals surface area contributed by atoms with Gasteiger partial charge in [0.1, 0.15) is 0 Å². The molecule has 1 rings (SSSR count). The average molecular weight is 239 g/mol. The summed E-state index contributed by atoms with van der Waals surface area (Å²) < 4.78 is 21.9. The molecule has 5 heteroatoms. The van der Waals surface area contributed by atoms with E-state index in [9.17, 15) is 8.42 Å². The summed E-state index contributed by atoms with van der Waals surface area (Å²) in [4.78, 5) is 1.22. The second-order valence-electron chi connectivity index (χ2n) is 3.83. The van der Waals surface area contributed by atoms with Gasteiger partial charge in [0.05, 0.1) is 4.90 Å². The quantitative estimate of drug-likeness (QED) is 0.705. The van der Waals surface area contributed by atoms with Crippen LogP contribution in [0, 0.1) is 0 Å². The Morgan fingerprint density at radius 3 is 2.15 bits per heavy atom. The molecule has 0 unspecified atom stereocenters. The van der Waals surface area contributed by atoms with Crippen molar-refractivity contribution >= 4 is 31.1 Å². The zero-order valence-electron chi connectivity index (χ0n) is 7.67. The van der Waals surface area contributed by atoms with Crippen LogP contribution in [0.2, 0.25) is 0 Å². The van der Waals surface area contributed by atoms with Gasteiger partial charge in [0.25, 0.3) is 9.05 Å². The van der Waals surface area contributed by atoms with E-state index in [0.717, 1.165) is 4.88 Å². The smallest absolute Gasteiger partial charge is 0.207 e. The lowest BCUT2D eigenvalue weighted by Crippen LogP contribution is -2.08. The van der Waals surface area contributed by atoms with Gasteiger partial charge in [0.15, 0.2) is 0 Å². The summed E-state index contributed by atoms with van der Waals surface area (Å²) >= 11 is 1.42. The third-order valence-corrected chi connectivity index (χ3v) is 4.43. The first-order valence-corrected chi connectivity index (χ1v) is 6.94. The van der Waals surface area contributed by atoms with E-state index in [2.05, 4.69) is 0 Å². The summed E-state index contributed by atoms with van der Waals surface area (Å²) in [6.07, 6.45) is 0. The van der Waals surface area contributed by atoms with Crippen molar-refractivity contribution in [1.29, 1.82) is 0 Å². The fourth-order valence-corrected chi connectivity index (χ4v) is 3.10. The van der Waals surface area contributed by atoms with Crippen LogP contribution in [0.4, 0.5) is 0 Å². The normalized spacial score (nSPS) is 13.2. The first-order chi connectivity index (χ1) is 5.71. The maximum atomic E-state index is 10.9. The van der Waals surface area contributed by atoms with E-state index < -0.39 is 9.05 Å². The van der Waals surface area contributed by atoms with Crippen molar-refractivity contribution in [3.8, 4) is 0 Å². The van der Waals surface area contributed by atoms with Crippen molar-refractivity contribution in [2.45, 2.75) is 31.1 Å². The molecule has 74 valence electrons. The molecule has 0 amide bonds. The maximum absolute atomic E-state index is 10.9. The molecule has 0 bridgehead atoms. The van der Waals surface area contributed by atoms with Crippen LogP contribution in [0.1, 0.15) is 25.6 Å². The molecule has 0 aliphatic carbocycles. The van der Waals surface area contributed by atoms with Crippen molar-refractivity contribution in [3.05, 3.63) is 16.3 Å². The van der Waals surface area contributed by atoms with Gasteiger partial charge in [-0.25, -0.2) is 8.42 Å². The van der Waals surface area contributed by atoms with Crippen molar-refractivity contribution < 1.29 is 8.42 Å². The van der Waals surface area contributed by atoms with Crippen molar-refractivity contribution in [1.82, 2.24) is 0 Å².